The normalized spacial score (nSPS) is 24.0. The smallest absolute Gasteiger partial charge is 0.862 e. The number of carboxylic acids is 2. The summed E-state index contributed by atoms with van der Waals surface area (Å²) < 4.78 is 56.7. The summed E-state index contributed by atoms with van der Waals surface area (Å²) in [5.74, 6) is -13.3. The fraction of sp³-hybridized carbons (Fsp3) is 0.902. The number of nitrogens with zero attached hydrogens (tertiary/aromatic N) is 2. The Morgan fingerprint density at radius 1 is 0.591 bits per heavy atom. The van der Waals surface area contributed by atoms with E-state index in [9.17, 15) is 84.8 Å². The van der Waals surface area contributed by atoms with Crippen molar-refractivity contribution in [2.24, 2.45) is 9.98 Å². The van der Waals surface area contributed by atoms with Crippen LogP contribution in [0.2, 0.25) is 0 Å². The molecule has 0 aromatic heterocycles. The van der Waals surface area contributed by atoms with Crippen LogP contribution in [0.3, 0.4) is 0 Å². The van der Waals surface area contributed by atoms with Gasteiger partial charge in [0.05, 0.1) is 45.2 Å². The first kappa shape index (κ1) is 94.5. The van der Waals surface area contributed by atoms with Crippen LogP contribution in [-0.2, 0) is 61.2 Å². The Bertz CT molecular complexity index is 2110. The van der Waals surface area contributed by atoms with E-state index in [4.69, 9.17) is 37.5 Å². The Balaban J connectivity index is 0. The molecule has 526 valence electrons. The van der Waals surface area contributed by atoms with Gasteiger partial charge in [0.1, 0.15) is 61.3 Å². The SMILES string of the molecule is CCCCCCCCCCCCCCCC(=O)OC[C@H](COP(=O)(O)OCCNCCO[C@]1(C(=O)[O-])C[C@H](O)[C@@H](N=C(C)[O-])[C@H]([C@H](O)[C@@H](CO)O[C@]2(C(=O)O)C[C@H](O)[C@@H](N=C(C)[O-])[C@H]([C@H](O)[C@H](O)CO)O2)O1)OC(=O)CCCCCCCCCCCCCCC.[Na+].[Na+].[Na+]. The molecule has 2 heterocycles. The second-order valence-corrected chi connectivity index (χ2v) is 25.1. The first-order chi connectivity index (χ1) is 42.9. The van der Waals surface area contributed by atoms with Crippen molar-refractivity contribution in [1.82, 2.24) is 5.32 Å². The Morgan fingerprint density at radius 2 is 1.00 bits per heavy atom. The molecule has 2 fully saturated rings. The number of aliphatic hydroxyl groups is 7. The van der Waals surface area contributed by atoms with Gasteiger partial charge in [-0.3, -0.25) is 28.6 Å². The zero-order chi connectivity index (χ0) is 67.0. The Labute approximate surface area is 616 Å². The Morgan fingerprint density at radius 3 is 1.42 bits per heavy atom. The maximum Gasteiger partial charge on any atom is 1.00 e. The van der Waals surface area contributed by atoms with E-state index >= 15 is 0 Å². The van der Waals surface area contributed by atoms with Gasteiger partial charge in [0.25, 0.3) is 5.79 Å². The number of ether oxygens (including phenoxy) is 6. The molecule has 0 aromatic rings. The number of unbranched alkanes of at least 4 members (excludes halogenated alkanes) is 24. The Kier molecular flexibility index (Phi) is 55.1. The van der Waals surface area contributed by atoms with Crippen molar-refractivity contribution < 1.29 is 211 Å². The number of esters is 2. The van der Waals surface area contributed by atoms with Crippen LogP contribution in [0.1, 0.15) is 220 Å². The molecule has 28 nitrogen and oxygen atoms in total. The van der Waals surface area contributed by atoms with Crippen LogP contribution in [0.4, 0.5) is 0 Å². The zero-order valence-corrected chi connectivity index (χ0v) is 63.5. The van der Waals surface area contributed by atoms with Crippen molar-refractivity contribution in [3.05, 3.63) is 0 Å². The van der Waals surface area contributed by atoms with E-state index in [0.29, 0.717) is 12.8 Å². The second-order valence-electron chi connectivity index (χ2n) is 23.6. The van der Waals surface area contributed by atoms with Crippen LogP contribution in [0.25, 0.3) is 0 Å². The molecular weight excluding hydrogens is 1270 g/mol. The van der Waals surface area contributed by atoms with E-state index in [1.165, 1.54) is 103 Å². The minimum atomic E-state index is -4.85. The van der Waals surface area contributed by atoms with Crippen molar-refractivity contribution in [2.75, 3.05) is 52.7 Å². The number of hydrogen-bond donors (Lipinski definition) is 10. The van der Waals surface area contributed by atoms with Gasteiger partial charge in [0.15, 0.2) is 6.10 Å². The molecular formula is C61H109N3Na3O25P. The van der Waals surface area contributed by atoms with Crippen LogP contribution in [0, 0.1) is 0 Å². The predicted octanol–water partition coefficient (Wildman–Crippen LogP) is -6.57. The van der Waals surface area contributed by atoms with Crippen molar-refractivity contribution in [3.8, 4) is 0 Å². The van der Waals surface area contributed by atoms with Crippen molar-refractivity contribution >= 4 is 43.5 Å². The number of aliphatic imine (C=N–C) groups is 2. The molecule has 2 rings (SSSR count). The number of aliphatic carboxylic acids is 2. The number of phosphoric acid groups is 1. The van der Waals surface area contributed by atoms with Crippen LogP contribution < -0.4 is 109 Å². The average molecular weight is 1380 g/mol. The third kappa shape index (κ3) is 38.7. The first-order valence-electron chi connectivity index (χ1n) is 32.8. The largest absolute Gasteiger partial charge is 1.00 e. The third-order valence-corrected chi connectivity index (χ3v) is 16.8. The van der Waals surface area contributed by atoms with Crippen LogP contribution in [-0.4, -0.2) is 213 Å². The number of rotatable bonds is 54. The van der Waals surface area contributed by atoms with Gasteiger partial charge >= 0.3 is 114 Å². The number of phosphoric ester groups is 1. The number of hydrogen-bond acceptors (Lipinski definition) is 26. The second kappa shape index (κ2) is 54.2. The minimum Gasteiger partial charge on any atom is -0.862 e. The molecule has 2 saturated heterocycles. The van der Waals surface area contributed by atoms with E-state index in [2.05, 4.69) is 29.1 Å². The zero-order valence-electron chi connectivity index (χ0n) is 56.6. The van der Waals surface area contributed by atoms with E-state index < -0.39 is 175 Å². The summed E-state index contributed by atoms with van der Waals surface area (Å²) in [6.45, 7) is 1.18. The summed E-state index contributed by atoms with van der Waals surface area (Å²) in [4.78, 5) is 69.4. The van der Waals surface area contributed by atoms with E-state index in [0.717, 1.165) is 65.2 Å². The van der Waals surface area contributed by atoms with Crippen molar-refractivity contribution in [1.29, 1.82) is 0 Å². The molecule has 1 unspecified atom stereocenters. The summed E-state index contributed by atoms with van der Waals surface area (Å²) in [6.07, 6.45) is 8.86. The van der Waals surface area contributed by atoms with Gasteiger partial charge in [-0.25, -0.2) is 9.36 Å². The maximum absolute atomic E-state index is 13.0. The topological polar surface area (TPSA) is 447 Å². The number of aliphatic hydroxyl groups excluding tert-OH is 7. The maximum atomic E-state index is 13.0. The molecule has 10 N–H and O–H groups in total. The summed E-state index contributed by atoms with van der Waals surface area (Å²) in [7, 11) is -4.85. The number of carboxylic acid groups (broad SMARTS) is 2. The van der Waals surface area contributed by atoms with Crippen molar-refractivity contribution in [3.63, 3.8) is 0 Å². The molecule has 0 amide bonds. The van der Waals surface area contributed by atoms with Crippen LogP contribution in [0.5, 0.6) is 0 Å². The molecule has 0 radical (unpaired) electrons. The molecule has 0 aliphatic carbocycles. The van der Waals surface area contributed by atoms with Gasteiger partial charge in [-0.15, -0.1) is 0 Å². The van der Waals surface area contributed by atoms with Gasteiger partial charge in [-0.1, -0.05) is 168 Å². The molecule has 2 aliphatic heterocycles. The van der Waals surface area contributed by atoms with E-state index in [1.807, 2.05) is 0 Å². The molecule has 0 saturated carbocycles. The third-order valence-electron chi connectivity index (χ3n) is 15.8. The molecule has 93 heavy (non-hydrogen) atoms. The molecule has 0 spiro atoms. The molecule has 2 aliphatic rings. The quantitative estimate of drug-likeness (QED) is 0.00676. The minimum absolute atomic E-state index is 0. The number of carbonyl (C=O) groups is 4. The monoisotopic (exact) mass is 1380 g/mol. The molecule has 0 bridgehead atoms. The molecule has 0 aromatic carbocycles. The predicted molar refractivity (Wildman–Crippen MR) is 322 cm³/mol. The summed E-state index contributed by atoms with van der Waals surface area (Å²) >= 11 is 0. The average Bonchev–Trinajstić information content (AvgIpc) is 0.769. The van der Waals surface area contributed by atoms with Gasteiger partial charge in [0, 0.05) is 38.8 Å². The summed E-state index contributed by atoms with van der Waals surface area (Å²) in [6, 6.07) is -3.61. The fourth-order valence-corrected chi connectivity index (χ4v) is 11.5. The number of carbonyl (C=O) groups excluding carboxylic acids is 3. The molecule has 14 atom stereocenters. The van der Waals surface area contributed by atoms with Gasteiger partial charge in [-0.2, -0.15) is 0 Å². The van der Waals surface area contributed by atoms with E-state index in [1.54, 1.807) is 0 Å². The van der Waals surface area contributed by atoms with Crippen molar-refractivity contribution in [2.45, 2.75) is 299 Å². The standard InChI is InChI=1S/C61H112N3O25P.3Na/c1-5-7-9-11-13-15-17-19-21-23-25-27-29-31-50(72)82-41-45(86-51(73)32-30-28-26-24-22-20-18-16-14-12-10-8-6-2)42-85-90(80,81)84-36-34-62-33-35-83-60(58(76)77)37-46(69)53(64-44(4)68)57(88-60)55(75)49(40-66)87-61(59(78)79)38-47(70)52(63-43(3)67)56(89-61)54(74)48(71)39-65;;;/h45-49,52-57,62,65-66,69-71,74-75H,5-42H2,1-4H3,(H,63,67)(H,64,68)(H,76,77)(H,78,79)(H,80,81);;;/q;3*+1/p-3/t45-,46+,47+,48-,49-,52-,53-,54-,55-,56-,57-,60-,61-;;;/m1.../s1. The first-order valence-corrected chi connectivity index (χ1v) is 34.3. The van der Waals surface area contributed by atoms with Gasteiger partial charge in [-0.05, 0) is 38.5 Å². The van der Waals surface area contributed by atoms with Crippen LogP contribution in [0.15, 0.2) is 9.98 Å². The van der Waals surface area contributed by atoms with E-state index in [-0.39, 0.29) is 115 Å². The summed E-state index contributed by atoms with van der Waals surface area (Å²) in [5, 5.41) is 125. The fourth-order valence-electron chi connectivity index (χ4n) is 10.8. The van der Waals surface area contributed by atoms with Crippen LogP contribution >= 0.6 is 7.82 Å². The van der Waals surface area contributed by atoms with Gasteiger partial charge < -0.3 is 99.6 Å². The molecule has 32 heteroatoms. The Hall–Kier alpha value is -0.550. The summed E-state index contributed by atoms with van der Waals surface area (Å²) in [5.41, 5.74) is 0. The van der Waals surface area contributed by atoms with Gasteiger partial charge in [0.2, 0.25) is 5.79 Å². The number of nitrogens with one attached hydrogen (secondary N) is 1.